The standard InChI is InChI=1S/C23H18N2O2S2/c26-22(16-28-20-9-5-2-6-10-20)25-23-24-21(15-29-23)17-11-13-19(14-12-17)27-18-7-3-1-4-8-18/h1-15H,16H2,(H,24,25,26). The lowest BCUT2D eigenvalue weighted by molar-refractivity contribution is -0.113. The number of hydrogen-bond acceptors (Lipinski definition) is 5. The lowest BCUT2D eigenvalue weighted by Crippen LogP contribution is -2.13. The highest BCUT2D eigenvalue weighted by Gasteiger charge is 2.09. The van der Waals surface area contributed by atoms with Gasteiger partial charge in [-0.3, -0.25) is 4.79 Å². The maximum absolute atomic E-state index is 12.2. The number of thioether (sulfide) groups is 1. The van der Waals surface area contributed by atoms with Crippen LogP contribution in [0.3, 0.4) is 0 Å². The molecule has 0 aliphatic carbocycles. The largest absolute Gasteiger partial charge is 0.457 e. The van der Waals surface area contributed by atoms with Crippen molar-refractivity contribution in [3.63, 3.8) is 0 Å². The molecule has 4 rings (SSSR count). The molecule has 1 heterocycles. The van der Waals surface area contributed by atoms with E-state index in [9.17, 15) is 4.79 Å². The maximum Gasteiger partial charge on any atom is 0.236 e. The van der Waals surface area contributed by atoms with Gasteiger partial charge in [-0.25, -0.2) is 4.98 Å². The van der Waals surface area contributed by atoms with E-state index < -0.39 is 0 Å². The van der Waals surface area contributed by atoms with Gasteiger partial charge in [0.05, 0.1) is 11.4 Å². The minimum atomic E-state index is -0.0636. The molecule has 1 N–H and O–H groups in total. The fraction of sp³-hybridized carbons (Fsp3) is 0.0435. The van der Waals surface area contributed by atoms with Crippen LogP contribution in [0.4, 0.5) is 5.13 Å². The zero-order chi connectivity index (χ0) is 19.9. The summed E-state index contributed by atoms with van der Waals surface area (Å²) in [6.45, 7) is 0. The van der Waals surface area contributed by atoms with Crippen molar-refractivity contribution in [1.29, 1.82) is 0 Å². The van der Waals surface area contributed by atoms with Gasteiger partial charge in [0.1, 0.15) is 11.5 Å². The second-order valence-corrected chi connectivity index (χ2v) is 8.03. The van der Waals surface area contributed by atoms with E-state index in [1.807, 2.05) is 90.3 Å². The van der Waals surface area contributed by atoms with E-state index in [4.69, 9.17) is 4.74 Å². The van der Waals surface area contributed by atoms with Crippen LogP contribution in [0, 0.1) is 0 Å². The molecule has 4 nitrogen and oxygen atoms in total. The Kier molecular flexibility index (Phi) is 6.24. The molecule has 1 amide bonds. The molecule has 0 aliphatic rings. The number of ether oxygens (including phenoxy) is 1. The van der Waals surface area contributed by atoms with Crippen LogP contribution < -0.4 is 10.1 Å². The quantitative estimate of drug-likeness (QED) is 0.356. The van der Waals surface area contributed by atoms with Crippen molar-refractivity contribution in [1.82, 2.24) is 4.98 Å². The number of amides is 1. The number of carbonyl (C=O) groups is 1. The number of hydrogen-bond donors (Lipinski definition) is 1. The van der Waals surface area contributed by atoms with Crippen LogP contribution in [0.5, 0.6) is 11.5 Å². The van der Waals surface area contributed by atoms with Crippen molar-refractivity contribution in [2.24, 2.45) is 0 Å². The number of benzene rings is 3. The first-order chi connectivity index (χ1) is 14.3. The van der Waals surface area contributed by atoms with Crippen LogP contribution in [-0.2, 0) is 4.79 Å². The van der Waals surface area contributed by atoms with E-state index in [0.29, 0.717) is 10.9 Å². The second kappa shape index (κ2) is 9.41. The summed E-state index contributed by atoms with van der Waals surface area (Å²) >= 11 is 2.92. The van der Waals surface area contributed by atoms with E-state index >= 15 is 0 Å². The Morgan fingerprint density at radius 2 is 1.55 bits per heavy atom. The summed E-state index contributed by atoms with van der Waals surface area (Å²) in [6.07, 6.45) is 0. The van der Waals surface area contributed by atoms with Gasteiger partial charge >= 0.3 is 0 Å². The molecule has 1 aromatic heterocycles. The second-order valence-electron chi connectivity index (χ2n) is 6.13. The molecule has 0 saturated heterocycles. The minimum absolute atomic E-state index is 0.0636. The van der Waals surface area contributed by atoms with Gasteiger partial charge in [0.25, 0.3) is 0 Å². The van der Waals surface area contributed by atoms with E-state index in [0.717, 1.165) is 27.7 Å². The monoisotopic (exact) mass is 418 g/mol. The molecule has 29 heavy (non-hydrogen) atoms. The Morgan fingerprint density at radius 3 is 2.28 bits per heavy atom. The van der Waals surface area contributed by atoms with Gasteiger partial charge < -0.3 is 10.1 Å². The van der Waals surface area contributed by atoms with Gasteiger partial charge in [-0.05, 0) is 48.5 Å². The summed E-state index contributed by atoms with van der Waals surface area (Å²) in [7, 11) is 0. The van der Waals surface area contributed by atoms with Crippen molar-refractivity contribution in [3.8, 4) is 22.8 Å². The highest BCUT2D eigenvalue weighted by Crippen LogP contribution is 2.28. The van der Waals surface area contributed by atoms with Crippen LogP contribution >= 0.6 is 23.1 Å². The van der Waals surface area contributed by atoms with Gasteiger partial charge in [-0.1, -0.05) is 36.4 Å². The van der Waals surface area contributed by atoms with E-state index in [1.54, 1.807) is 0 Å². The Morgan fingerprint density at radius 1 is 0.897 bits per heavy atom. The molecule has 0 radical (unpaired) electrons. The van der Waals surface area contributed by atoms with Gasteiger partial charge in [0, 0.05) is 15.8 Å². The minimum Gasteiger partial charge on any atom is -0.457 e. The predicted molar refractivity (Wildman–Crippen MR) is 120 cm³/mol. The average molecular weight is 419 g/mol. The fourth-order valence-corrected chi connectivity index (χ4v) is 4.06. The molecular formula is C23H18N2O2S2. The number of thiazole rings is 1. The molecule has 3 aromatic carbocycles. The number of aromatic nitrogens is 1. The smallest absolute Gasteiger partial charge is 0.236 e. The Labute approximate surface area is 177 Å². The van der Waals surface area contributed by atoms with Crippen LogP contribution in [0.25, 0.3) is 11.3 Å². The first kappa shape index (κ1) is 19.2. The first-order valence-electron chi connectivity index (χ1n) is 9.03. The number of nitrogens with zero attached hydrogens (tertiary/aromatic N) is 1. The summed E-state index contributed by atoms with van der Waals surface area (Å²) in [4.78, 5) is 17.8. The van der Waals surface area contributed by atoms with Gasteiger partial charge in [0.15, 0.2) is 5.13 Å². The summed E-state index contributed by atoms with van der Waals surface area (Å²) < 4.78 is 5.81. The number of para-hydroxylation sites is 1. The summed E-state index contributed by atoms with van der Waals surface area (Å²) in [5, 5.41) is 5.41. The third kappa shape index (κ3) is 5.47. The first-order valence-corrected chi connectivity index (χ1v) is 10.9. The van der Waals surface area contributed by atoms with Crippen molar-refractivity contribution < 1.29 is 9.53 Å². The van der Waals surface area contributed by atoms with Gasteiger partial charge in [0.2, 0.25) is 5.91 Å². The molecule has 0 fully saturated rings. The SMILES string of the molecule is O=C(CSc1ccccc1)Nc1nc(-c2ccc(Oc3ccccc3)cc2)cs1. The topological polar surface area (TPSA) is 51.2 Å². The number of carbonyl (C=O) groups excluding carboxylic acids is 1. The molecule has 0 bridgehead atoms. The third-order valence-electron chi connectivity index (χ3n) is 3.99. The highest BCUT2D eigenvalue weighted by molar-refractivity contribution is 8.00. The maximum atomic E-state index is 12.2. The molecule has 144 valence electrons. The van der Waals surface area contributed by atoms with Gasteiger partial charge in [-0.2, -0.15) is 0 Å². The Bertz CT molecular complexity index is 1070. The summed E-state index contributed by atoms with van der Waals surface area (Å²) in [5.74, 6) is 1.85. The van der Waals surface area contributed by atoms with Crippen molar-refractivity contribution in [2.45, 2.75) is 4.90 Å². The molecule has 0 spiro atoms. The number of nitrogens with one attached hydrogen (secondary N) is 1. The van der Waals surface area contributed by atoms with Crippen LogP contribution in [0.1, 0.15) is 0 Å². The zero-order valence-electron chi connectivity index (χ0n) is 15.4. The molecule has 0 atom stereocenters. The van der Waals surface area contributed by atoms with Crippen LogP contribution in [-0.4, -0.2) is 16.6 Å². The van der Waals surface area contributed by atoms with E-state index in [2.05, 4.69) is 10.3 Å². The molecule has 0 saturated carbocycles. The summed E-state index contributed by atoms with van der Waals surface area (Å²) in [5.41, 5.74) is 1.80. The van der Waals surface area contributed by atoms with Crippen molar-refractivity contribution in [2.75, 3.05) is 11.1 Å². The normalized spacial score (nSPS) is 10.5. The summed E-state index contributed by atoms with van der Waals surface area (Å²) in [6, 6.07) is 27.3. The Balaban J connectivity index is 1.34. The average Bonchev–Trinajstić information content (AvgIpc) is 3.23. The number of anilines is 1. The molecule has 4 aromatic rings. The Hall–Kier alpha value is -3.09. The van der Waals surface area contributed by atoms with Crippen LogP contribution in [0.15, 0.2) is 95.2 Å². The van der Waals surface area contributed by atoms with E-state index in [-0.39, 0.29) is 5.91 Å². The lowest BCUT2D eigenvalue weighted by Gasteiger charge is -2.05. The molecular weight excluding hydrogens is 400 g/mol. The van der Waals surface area contributed by atoms with Crippen molar-refractivity contribution >= 4 is 34.1 Å². The zero-order valence-corrected chi connectivity index (χ0v) is 17.1. The van der Waals surface area contributed by atoms with Gasteiger partial charge in [-0.15, -0.1) is 23.1 Å². The van der Waals surface area contributed by atoms with Crippen molar-refractivity contribution in [3.05, 3.63) is 90.3 Å². The third-order valence-corrected chi connectivity index (χ3v) is 5.76. The molecule has 0 aliphatic heterocycles. The van der Waals surface area contributed by atoms with E-state index in [1.165, 1.54) is 23.1 Å². The fourth-order valence-electron chi connectivity index (χ4n) is 2.60. The van der Waals surface area contributed by atoms with Crippen LogP contribution in [0.2, 0.25) is 0 Å². The molecule has 6 heteroatoms. The lowest BCUT2D eigenvalue weighted by atomic mass is 10.2. The predicted octanol–water partition coefficient (Wildman–Crippen LogP) is 6.33. The highest BCUT2D eigenvalue weighted by atomic mass is 32.2. The number of rotatable bonds is 7. The molecule has 0 unspecified atom stereocenters.